The van der Waals surface area contributed by atoms with Gasteiger partial charge in [-0.2, -0.15) is 0 Å². The summed E-state index contributed by atoms with van der Waals surface area (Å²) in [6, 6.07) is 6.55. The minimum Gasteiger partial charge on any atom is -0.356 e. The van der Waals surface area contributed by atoms with Crippen molar-refractivity contribution in [2.24, 2.45) is 5.73 Å². The summed E-state index contributed by atoms with van der Waals surface area (Å²) in [5, 5.41) is 2.67. The van der Waals surface area contributed by atoms with E-state index in [9.17, 15) is 9.18 Å². The molecule has 0 aliphatic rings. The zero-order chi connectivity index (χ0) is 11.1. The van der Waals surface area contributed by atoms with Gasteiger partial charge in [-0.05, 0) is 18.1 Å². The summed E-state index contributed by atoms with van der Waals surface area (Å²) in [4.78, 5) is 11.0. The molecule has 1 amide bonds. The van der Waals surface area contributed by atoms with Gasteiger partial charge in [-0.1, -0.05) is 18.2 Å². The van der Waals surface area contributed by atoms with E-state index in [-0.39, 0.29) is 11.7 Å². The molecule has 15 heavy (non-hydrogen) atoms. The Bertz CT molecular complexity index is 328. The third-order valence-electron chi connectivity index (χ3n) is 2.05. The highest BCUT2D eigenvalue weighted by Gasteiger charge is 2.02. The normalized spacial score (nSPS) is 10.0. The molecule has 0 unspecified atom stereocenters. The van der Waals surface area contributed by atoms with Crippen molar-refractivity contribution < 1.29 is 9.18 Å². The number of rotatable bonds is 5. The molecular formula is C11H15FN2O. The van der Waals surface area contributed by atoms with Crippen molar-refractivity contribution in [1.29, 1.82) is 0 Å². The van der Waals surface area contributed by atoms with Crippen molar-refractivity contribution in [2.45, 2.75) is 12.8 Å². The number of hydrogen-bond acceptors (Lipinski definition) is 2. The molecule has 0 bridgehead atoms. The minimum absolute atomic E-state index is 0.0890. The Balaban J connectivity index is 2.32. The van der Waals surface area contributed by atoms with E-state index in [0.717, 1.165) is 0 Å². The zero-order valence-corrected chi connectivity index (χ0v) is 8.50. The fourth-order valence-corrected chi connectivity index (χ4v) is 1.26. The molecule has 3 nitrogen and oxygen atoms in total. The summed E-state index contributed by atoms with van der Waals surface area (Å²) >= 11 is 0. The Morgan fingerprint density at radius 3 is 2.80 bits per heavy atom. The largest absolute Gasteiger partial charge is 0.356 e. The summed E-state index contributed by atoms with van der Waals surface area (Å²) in [6.07, 6.45) is 0.820. The second-order valence-corrected chi connectivity index (χ2v) is 3.23. The van der Waals surface area contributed by atoms with Crippen LogP contribution in [0.4, 0.5) is 4.39 Å². The van der Waals surface area contributed by atoms with Gasteiger partial charge in [0.25, 0.3) is 0 Å². The van der Waals surface area contributed by atoms with Crippen LogP contribution in [0.1, 0.15) is 12.0 Å². The number of halogens is 1. The zero-order valence-electron chi connectivity index (χ0n) is 8.50. The Labute approximate surface area is 88.5 Å². The maximum atomic E-state index is 13.1. The maximum Gasteiger partial charge on any atom is 0.221 e. The lowest BCUT2D eigenvalue weighted by Gasteiger charge is -2.05. The Morgan fingerprint density at radius 2 is 2.13 bits per heavy atom. The van der Waals surface area contributed by atoms with Crippen LogP contribution in [-0.4, -0.2) is 19.0 Å². The molecule has 0 fully saturated rings. The topological polar surface area (TPSA) is 55.1 Å². The van der Waals surface area contributed by atoms with Gasteiger partial charge in [0.05, 0.1) is 0 Å². The van der Waals surface area contributed by atoms with Crippen LogP contribution in [0.25, 0.3) is 0 Å². The molecular weight excluding hydrogens is 195 g/mol. The van der Waals surface area contributed by atoms with Crippen molar-refractivity contribution in [3.8, 4) is 0 Å². The standard InChI is InChI=1S/C11H15FN2O/c12-10-4-2-1-3-9(10)6-8-14-11(15)5-7-13/h1-4H,5-8,13H2,(H,14,15). The van der Waals surface area contributed by atoms with Crippen LogP contribution < -0.4 is 11.1 Å². The second kappa shape index (κ2) is 6.14. The van der Waals surface area contributed by atoms with Gasteiger partial charge in [0, 0.05) is 19.5 Å². The SMILES string of the molecule is NCCC(=O)NCCc1ccccc1F. The summed E-state index contributed by atoms with van der Waals surface area (Å²) in [7, 11) is 0. The number of benzene rings is 1. The summed E-state index contributed by atoms with van der Waals surface area (Å²) in [5.74, 6) is -0.320. The lowest BCUT2D eigenvalue weighted by atomic mass is 10.1. The molecule has 0 saturated carbocycles. The van der Waals surface area contributed by atoms with Gasteiger partial charge in [-0.25, -0.2) is 4.39 Å². The van der Waals surface area contributed by atoms with E-state index >= 15 is 0 Å². The van der Waals surface area contributed by atoms with Crippen LogP contribution in [0.2, 0.25) is 0 Å². The number of hydrogen-bond donors (Lipinski definition) is 2. The molecule has 0 aliphatic heterocycles. The number of carbonyl (C=O) groups is 1. The average molecular weight is 210 g/mol. The molecule has 0 aliphatic carbocycles. The van der Waals surface area contributed by atoms with E-state index in [1.807, 2.05) is 0 Å². The fourth-order valence-electron chi connectivity index (χ4n) is 1.26. The van der Waals surface area contributed by atoms with Crippen molar-refractivity contribution in [1.82, 2.24) is 5.32 Å². The van der Waals surface area contributed by atoms with Crippen LogP contribution in [0, 0.1) is 5.82 Å². The highest BCUT2D eigenvalue weighted by atomic mass is 19.1. The number of nitrogens with two attached hydrogens (primary N) is 1. The number of carbonyl (C=O) groups excluding carboxylic acids is 1. The van der Waals surface area contributed by atoms with E-state index in [4.69, 9.17) is 5.73 Å². The second-order valence-electron chi connectivity index (χ2n) is 3.23. The first kappa shape index (κ1) is 11.7. The molecule has 0 radical (unpaired) electrons. The van der Waals surface area contributed by atoms with Crippen LogP contribution >= 0.6 is 0 Å². The van der Waals surface area contributed by atoms with E-state index in [2.05, 4.69) is 5.32 Å². The molecule has 1 aromatic carbocycles. The third-order valence-corrected chi connectivity index (χ3v) is 2.05. The highest BCUT2D eigenvalue weighted by molar-refractivity contribution is 5.75. The van der Waals surface area contributed by atoms with Gasteiger partial charge < -0.3 is 11.1 Å². The van der Waals surface area contributed by atoms with Crippen LogP contribution in [0.5, 0.6) is 0 Å². The fraction of sp³-hybridized carbons (Fsp3) is 0.364. The maximum absolute atomic E-state index is 13.1. The van der Waals surface area contributed by atoms with Crippen LogP contribution in [0.3, 0.4) is 0 Å². The lowest BCUT2D eigenvalue weighted by molar-refractivity contribution is -0.120. The Hall–Kier alpha value is -1.42. The third kappa shape index (κ3) is 4.08. The van der Waals surface area contributed by atoms with E-state index in [0.29, 0.717) is 31.5 Å². The van der Waals surface area contributed by atoms with Gasteiger partial charge in [-0.3, -0.25) is 4.79 Å². The van der Waals surface area contributed by atoms with E-state index < -0.39 is 0 Å². The predicted octanol–water partition coefficient (Wildman–Crippen LogP) is 0.833. The van der Waals surface area contributed by atoms with Gasteiger partial charge >= 0.3 is 0 Å². The first-order chi connectivity index (χ1) is 7.24. The average Bonchev–Trinajstić information content (AvgIpc) is 2.21. The summed E-state index contributed by atoms with van der Waals surface area (Å²) in [5.41, 5.74) is 5.83. The summed E-state index contributed by atoms with van der Waals surface area (Å²) in [6.45, 7) is 0.783. The molecule has 1 aromatic rings. The smallest absolute Gasteiger partial charge is 0.221 e. The van der Waals surface area contributed by atoms with E-state index in [1.165, 1.54) is 6.07 Å². The van der Waals surface area contributed by atoms with Crippen LogP contribution in [0.15, 0.2) is 24.3 Å². The van der Waals surface area contributed by atoms with Crippen molar-refractivity contribution >= 4 is 5.91 Å². The Kier molecular flexibility index (Phi) is 4.77. The van der Waals surface area contributed by atoms with Crippen molar-refractivity contribution in [2.75, 3.05) is 13.1 Å². The van der Waals surface area contributed by atoms with Gasteiger partial charge in [0.2, 0.25) is 5.91 Å². The van der Waals surface area contributed by atoms with Gasteiger partial charge in [0.15, 0.2) is 0 Å². The lowest BCUT2D eigenvalue weighted by Crippen LogP contribution is -2.27. The summed E-state index contributed by atoms with van der Waals surface area (Å²) < 4.78 is 13.1. The molecule has 0 aromatic heterocycles. The molecule has 0 atom stereocenters. The molecule has 0 spiro atoms. The van der Waals surface area contributed by atoms with Gasteiger partial charge in [0.1, 0.15) is 5.82 Å². The van der Waals surface area contributed by atoms with E-state index in [1.54, 1.807) is 18.2 Å². The monoisotopic (exact) mass is 210 g/mol. The van der Waals surface area contributed by atoms with Crippen LogP contribution in [-0.2, 0) is 11.2 Å². The molecule has 0 heterocycles. The molecule has 0 saturated heterocycles. The first-order valence-electron chi connectivity index (χ1n) is 4.94. The predicted molar refractivity (Wildman–Crippen MR) is 56.8 cm³/mol. The van der Waals surface area contributed by atoms with Crippen molar-refractivity contribution in [3.63, 3.8) is 0 Å². The van der Waals surface area contributed by atoms with Gasteiger partial charge in [-0.15, -0.1) is 0 Å². The minimum atomic E-state index is -0.231. The van der Waals surface area contributed by atoms with Crippen molar-refractivity contribution in [3.05, 3.63) is 35.6 Å². The number of amides is 1. The molecule has 82 valence electrons. The molecule has 3 N–H and O–H groups in total. The first-order valence-corrected chi connectivity index (χ1v) is 4.94. The molecule has 1 rings (SSSR count). The highest BCUT2D eigenvalue weighted by Crippen LogP contribution is 2.05. The molecule has 4 heteroatoms. The number of nitrogens with one attached hydrogen (secondary N) is 1. The Morgan fingerprint density at radius 1 is 1.40 bits per heavy atom. The quantitative estimate of drug-likeness (QED) is 0.756.